The fraction of sp³-hybridized carbons (Fsp3) is 0.350. The first-order valence-electron chi connectivity index (χ1n) is 8.83. The van der Waals surface area contributed by atoms with Crippen LogP contribution in [0, 0.1) is 18.7 Å². The summed E-state index contributed by atoms with van der Waals surface area (Å²) >= 11 is 0. The molecule has 1 heterocycles. The third kappa shape index (κ3) is 3.92. The van der Waals surface area contributed by atoms with Crippen molar-refractivity contribution in [1.82, 2.24) is 15.2 Å². The molecular weight excluding hydrogens is 349 g/mol. The Morgan fingerprint density at radius 2 is 2.00 bits per heavy atom. The Kier molecular flexibility index (Phi) is 5.12. The van der Waals surface area contributed by atoms with Crippen LogP contribution in [0.2, 0.25) is 0 Å². The van der Waals surface area contributed by atoms with Gasteiger partial charge in [-0.2, -0.15) is 0 Å². The van der Waals surface area contributed by atoms with Crippen LogP contribution in [-0.4, -0.2) is 29.5 Å². The van der Waals surface area contributed by atoms with Gasteiger partial charge in [-0.25, -0.2) is 4.39 Å². The quantitative estimate of drug-likeness (QED) is 0.842. The van der Waals surface area contributed by atoms with Crippen LogP contribution in [0.15, 0.2) is 35.3 Å². The zero-order valence-electron chi connectivity index (χ0n) is 15.5. The number of carbonyl (C=O) groups excluding carboxylic acids is 2. The molecule has 1 aromatic heterocycles. The second kappa shape index (κ2) is 7.34. The van der Waals surface area contributed by atoms with Gasteiger partial charge < -0.3 is 15.2 Å². The van der Waals surface area contributed by atoms with Crippen molar-refractivity contribution in [3.63, 3.8) is 0 Å². The maximum atomic E-state index is 14.4. The molecule has 1 aliphatic carbocycles. The lowest BCUT2D eigenvalue weighted by Crippen LogP contribution is -2.34. The number of aryl methyl sites for hydroxylation is 1. The predicted molar refractivity (Wildman–Crippen MR) is 99.4 cm³/mol. The zero-order valence-corrected chi connectivity index (χ0v) is 15.5. The summed E-state index contributed by atoms with van der Waals surface area (Å²) < 4.78 is 15.6. The minimum atomic E-state index is -0.590. The van der Waals surface area contributed by atoms with Crippen molar-refractivity contribution in [2.45, 2.75) is 32.9 Å². The van der Waals surface area contributed by atoms with Gasteiger partial charge in [0.05, 0.1) is 12.1 Å². The summed E-state index contributed by atoms with van der Waals surface area (Å²) in [6.07, 6.45) is 2.28. The molecule has 0 spiro atoms. The van der Waals surface area contributed by atoms with Gasteiger partial charge in [0.15, 0.2) is 0 Å². The molecule has 7 heteroatoms. The number of benzene rings is 1. The fourth-order valence-corrected chi connectivity index (χ4v) is 2.96. The van der Waals surface area contributed by atoms with E-state index in [-0.39, 0.29) is 29.6 Å². The molecule has 6 nitrogen and oxygen atoms in total. The fourth-order valence-electron chi connectivity index (χ4n) is 2.96. The van der Waals surface area contributed by atoms with E-state index in [0.29, 0.717) is 17.0 Å². The van der Waals surface area contributed by atoms with Gasteiger partial charge in [-0.3, -0.25) is 14.4 Å². The largest absolute Gasteiger partial charge is 0.355 e. The second-order valence-corrected chi connectivity index (χ2v) is 7.00. The van der Waals surface area contributed by atoms with Crippen molar-refractivity contribution in [1.29, 1.82) is 0 Å². The molecule has 1 aliphatic rings. The third-order valence-electron chi connectivity index (χ3n) is 4.86. The molecule has 0 unspecified atom stereocenters. The van der Waals surface area contributed by atoms with Crippen molar-refractivity contribution >= 4 is 11.8 Å². The van der Waals surface area contributed by atoms with Crippen LogP contribution >= 0.6 is 0 Å². The Labute approximate surface area is 156 Å². The van der Waals surface area contributed by atoms with E-state index in [2.05, 4.69) is 10.6 Å². The Bertz CT molecular complexity index is 967. The highest BCUT2D eigenvalue weighted by atomic mass is 19.1. The molecule has 1 saturated carbocycles. The maximum Gasteiger partial charge on any atom is 0.263 e. The van der Waals surface area contributed by atoms with Gasteiger partial charge in [-0.1, -0.05) is 25.1 Å². The van der Waals surface area contributed by atoms with E-state index in [0.717, 1.165) is 6.42 Å². The van der Waals surface area contributed by atoms with Crippen LogP contribution in [0.25, 0.3) is 0 Å². The van der Waals surface area contributed by atoms with E-state index in [1.807, 2.05) is 6.92 Å². The number of nitrogens with one attached hydrogen (secondary N) is 2. The number of nitrogens with zero attached hydrogens (tertiary/aromatic N) is 1. The number of hydrogen-bond acceptors (Lipinski definition) is 3. The SMILES string of the molecule is CNC(=O)c1cc(C(=O)N[C@@H]2C[C@H]2C)cn(Cc2cccc(C)c2F)c1=O. The molecule has 3 rings (SSSR count). The average Bonchev–Trinajstić information content (AvgIpc) is 3.34. The first-order valence-corrected chi connectivity index (χ1v) is 8.83. The van der Waals surface area contributed by atoms with Crippen LogP contribution in [-0.2, 0) is 6.54 Å². The summed E-state index contributed by atoms with van der Waals surface area (Å²) in [5.74, 6) is -0.937. The van der Waals surface area contributed by atoms with E-state index in [1.165, 1.54) is 23.9 Å². The number of amides is 2. The lowest BCUT2D eigenvalue weighted by atomic mass is 10.1. The van der Waals surface area contributed by atoms with E-state index in [4.69, 9.17) is 0 Å². The molecular formula is C20H22FN3O3. The number of pyridine rings is 1. The summed E-state index contributed by atoms with van der Waals surface area (Å²) in [7, 11) is 1.41. The Morgan fingerprint density at radius 3 is 2.63 bits per heavy atom. The summed E-state index contributed by atoms with van der Waals surface area (Å²) in [4.78, 5) is 37.3. The number of carbonyl (C=O) groups is 2. The van der Waals surface area contributed by atoms with Crippen LogP contribution < -0.4 is 16.2 Å². The van der Waals surface area contributed by atoms with Gasteiger partial charge in [-0.15, -0.1) is 0 Å². The van der Waals surface area contributed by atoms with E-state index >= 15 is 0 Å². The van der Waals surface area contributed by atoms with Gasteiger partial charge >= 0.3 is 0 Å². The number of aromatic nitrogens is 1. The molecule has 1 aromatic carbocycles. The minimum absolute atomic E-state index is 0.0721. The van der Waals surface area contributed by atoms with Crippen molar-refractivity contribution < 1.29 is 14.0 Å². The molecule has 1 fully saturated rings. The average molecular weight is 371 g/mol. The lowest BCUT2D eigenvalue weighted by molar-refractivity contribution is 0.0948. The molecule has 2 aromatic rings. The molecule has 27 heavy (non-hydrogen) atoms. The monoisotopic (exact) mass is 371 g/mol. The second-order valence-electron chi connectivity index (χ2n) is 7.00. The standard InChI is InChI=1S/C20H22FN3O3/c1-11-5-4-6-13(17(11)21)9-24-10-14(18(25)23-16-7-12(16)2)8-15(20(24)27)19(26)22-3/h4-6,8,10,12,16H,7,9H2,1-3H3,(H,22,26)(H,23,25)/t12-,16-/m1/s1. The first kappa shape index (κ1) is 18.8. The topological polar surface area (TPSA) is 80.2 Å². The molecule has 2 atom stereocenters. The highest BCUT2D eigenvalue weighted by molar-refractivity contribution is 5.99. The van der Waals surface area contributed by atoms with Gasteiger partial charge in [0.1, 0.15) is 11.4 Å². The van der Waals surface area contributed by atoms with E-state index < -0.39 is 17.3 Å². The zero-order chi connectivity index (χ0) is 19.7. The molecule has 0 aliphatic heterocycles. The summed E-state index contributed by atoms with van der Waals surface area (Å²) in [6, 6.07) is 6.30. The Morgan fingerprint density at radius 1 is 1.30 bits per heavy atom. The van der Waals surface area contributed by atoms with Crippen molar-refractivity contribution in [3.8, 4) is 0 Å². The summed E-state index contributed by atoms with van der Waals surface area (Å²) in [5, 5.41) is 5.28. The molecule has 0 saturated heterocycles. The maximum absolute atomic E-state index is 14.4. The van der Waals surface area contributed by atoms with Crippen LogP contribution in [0.1, 0.15) is 45.2 Å². The summed E-state index contributed by atoms with van der Waals surface area (Å²) in [5.41, 5.74) is 0.242. The predicted octanol–water partition coefficient (Wildman–Crippen LogP) is 1.84. The van der Waals surface area contributed by atoms with Crippen LogP contribution in [0.5, 0.6) is 0 Å². The smallest absolute Gasteiger partial charge is 0.263 e. The van der Waals surface area contributed by atoms with Crippen molar-refractivity contribution in [3.05, 3.63) is 68.9 Å². The van der Waals surface area contributed by atoms with E-state index in [1.54, 1.807) is 25.1 Å². The van der Waals surface area contributed by atoms with Crippen molar-refractivity contribution in [2.24, 2.45) is 5.92 Å². The van der Waals surface area contributed by atoms with Gasteiger partial charge in [0.2, 0.25) is 0 Å². The number of rotatable bonds is 5. The minimum Gasteiger partial charge on any atom is -0.355 e. The van der Waals surface area contributed by atoms with Gasteiger partial charge in [0, 0.05) is 24.8 Å². The molecule has 2 N–H and O–H groups in total. The van der Waals surface area contributed by atoms with Gasteiger partial charge in [0.25, 0.3) is 17.4 Å². The van der Waals surface area contributed by atoms with Crippen molar-refractivity contribution in [2.75, 3.05) is 7.05 Å². The Hall–Kier alpha value is -2.96. The highest BCUT2D eigenvalue weighted by Crippen LogP contribution is 2.29. The van der Waals surface area contributed by atoms with Crippen LogP contribution in [0.4, 0.5) is 4.39 Å². The Balaban J connectivity index is 2.02. The van der Waals surface area contributed by atoms with E-state index in [9.17, 15) is 18.8 Å². The normalized spacial score (nSPS) is 18.1. The van der Waals surface area contributed by atoms with Gasteiger partial charge in [-0.05, 0) is 30.9 Å². The third-order valence-corrected chi connectivity index (χ3v) is 4.86. The lowest BCUT2D eigenvalue weighted by Gasteiger charge is -2.13. The van der Waals surface area contributed by atoms with Crippen LogP contribution in [0.3, 0.4) is 0 Å². The summed E-state index contributed by atoms with van der Waals surface area (Å²) in [6.45, 7) is 3.60. The first-order chi connectivity index (χ1) is 12.8. The molecule has 142 valence electrons. The highest BCUT2D eigenvalue weighted by Gasteiger charge is 2.34. The number of hydrogen-bond donors (Lipinski definition) is 2. The molecule has 0 bridgehead atoms. The molecule has 2 amide bonds. The molecule has 0 radical (unpaired) electrons. The number of halogens is 1.